The zero-order chi connectivity index (χ0) is 8.69. The Morgan fingerprint density at radius 1 is 1.45 bits per heavy atom. The number of hydrogen-bond donors (Lipinski definition) is 0. The van der Waals surface area contributed by atoms with Gasteiger partial charge in [-0.3, -0.25) is 0 Å². The van der Waals surface area contributed by atoms with Gasteiger partial charge in [-0.05, 0) is 25.8 Å². The molecule has 0 bridgehead atoms. The SMILES string of the molecule is CCCC=CC(C)=C(C)C#N. The molecule has 0 heterocycles. The van der Waals surface area contributed by atoms with Crippen LogP contribution in [-0.2, 0) is 0 Å². The molecule has 0 rings (SSSR count). The summed E-state index contributed by atoms with van der Waals surface area (Å²) in [5.74, 6) is 0. The molecule has 0 aromatic carbocycles. The van der Waals surface area contributed by atoms with Gasteiger partial charge >= 0.3 is 0 Å². The van der Waals surface area contributed by atoms with E-state index in [-0.39, 0.29) is 0 Å². The molecule has 0 atom stereocenters. The average molecular weight is 149 g/mol. The highest BCUT2D eigenvalue weighted by Crippen LogP contribution is 2.04. The van der Waals surface area contributed by atoms with Gasteiger partial charge < -0.3 is 0 Å². The number of hydrogen-bond acceptors (Lipinski definition) is 1. The van der Waals surface area contributed by atoms with Gasteiger partial charge in [0.15, 0.2) is 0 Å². The summed E-state index contributed by atoms with van der Waals surface area (Å²) in [6.07, 6.45) is 6.38. The van der Waals surface area contributed by atoms with E-state index in [1.54, 1.807) is 0 Å². The Labute approximate surface area is 69.0 Å². The number of unbranched alkanes of at least 4 members (excludes halogenated alkanes) is 1. The maximum absolute atomic E-state index is 8.52. The molecule has 0 saturated heterocycles. The van der Waals surface area contributed by atoms with Crippen molar-refractivity contribution in [3.8, 4) is 6.07 Å². The highest BCUT2D eigenvalue weighted by atomic mass is 14.2. The molecule has 0 aromatic heterocycles. The van der Waals surface area contributed by atoms with Crippen LogP contribution in [0.3, 0.4) is 0 Å². The van der Waals surface area contributed by atoms with Gasteiger partial charge in [-0.1, -0.05) is 25.5 Å². The van der Waals surface area contributed by atoms with E-state index in [1.165, 1.54) is 0 Å². The molecule has 0 aliphatic heterocycles. The van der Waals surface area contributed by atoms with Crippen molar-refractivity contribution in [2.45, 2.75) is 33.6 Å². The van der Waals surface area contributed by atoms with Crippen LogP contribution in [0.2, 0.25) is 0 Å². The van der Waals surface area contributed by atoms with E-state index in [2.05, 4.69) is 19.1 Å². The van der Waals surface area contributed by atoms with E-state index < -0.39 is 0 Å². The first kappa shape index (κ1) is 9.97. The molecule has 1 heteroatoms. The summed E-state index contributed by atoms with van der Waals surface area (Å²) < 4.78 is 0. The molecule has 0 aromatic rings. The van der Waals surface area contributed by atoms with Crippen molar-refractivity contribution in [2.24, 2.45) is 0 Å². The second-order valence-electron chi connectivity index (χ2n) is 2.61. The minimum atomic E-state index is 0.803. The maximum Gasteiger partial charge on any atom is 0.0946 e. The number of nitrogens with zero attached hydrogens (tertiary/aromatic N) is 1. The molecule has 11 heavy (non-hydrogen) atoms. The Morgan fingerprint density at radius 2 is 2.09 bits per heavy atom. The van der Waals surface area contributed by atoms with Crippen LogP contribution in [0.1, 0.15) is 33.6 Å². The lowest BCUT2D eigenvalue weighted by Crippen LogP contribution is -1.75. The molecule has 0 N–H and O–H groups in total. The Morgan fingerprint density at radius 3 is 2.55 bits per heavy atom. The fourth-order valence-electron chi connectivity index (χ4n) is 0.640. The van der Waals surface area contributed by atoms with Crippen LogP contribution in [-0.4, -0.2) is 0 Å². The second kappa shape index (κ2) is 5.73. The first-order chi connectivity index (χ1) is 5.22. The van der Waals surface area contributed by atoms with Gasteiger partial charge in [-0.15, -0.1) is 0 Å². The molecular weight excluding hydrogens is 134 g/mol. The maximum atomic E-state index is 8.52. The molecule has 0 spiro atoms. The summed E-state index contributed by atoms with van der Waals surface area (Å²) in [5, 5.41) is 8.52. The largest absolute Gasteiger partial charge is 0.193 e. The van der Waals surface area contributed by atoms with Crippen LogP contribution in [0, 0.1) is 11.3 Å². The molecule has 0 amide bonds. The lowest BCUT2D eigenvalue weighted by atomic mass is 10.1. The molecule has 0 radical (unpaired) electrons. The fourth-order valence-corrected chi connectivity index (χ4v) is 0.640. The number of nitriles is 1. The summed E-state index contributed by atoms with van der Waals surface area (Å²) in [4.78, 5) is 0. The van der Waals surface area contributed by atoms with Gasteiger partial charge in [0.2, 0.25) is 0 Å². The standard InChI is InChI=1S/C10H15N/c1-4-5-6-7-9(2)10(3)8-11/h6-7H,4-5H2,1-3H3. The van der Waals surface area contributed by atoms with Crippen LogP contribution >= 0.6 is 0 Å². The van der Waals surface area contributed by atoms with E-state index in [1.807, 2.05) is 19.9 Å². The highest BCUT2D eigenvalue weighted by Gasteiger charge is 1.88. The summed E-state index contributed by atoms with van der Waals surface area (Å²) >= 11 is 0. The summed E-state index contributed by atoms with van der Waals surface area (Å²) in [6.45, 7) is 5.94. The fraction of sp³-hybridized carbons (Fsp3) is 0.500. The zero-order valence-corrected chi connectivity index (χ0v) is 7.52. The molecule has 1 nitrogen and oxygen atoms in total. The van der Waals surface area contributed by atoms with Crippen LogP contribution in [0.25, 0.3) is 0 Å². The third-order valence-corrected chi connectivity index (χ3v) is 1.58. The van der Waals surface area contributed by atoms with Gasteiger partial charge in [-0.2, -0.15) is 5.26 Å². The Balaban J connectivity index is 4.07. The summed E-state index contributed by atoms with van der Waals surface area (Å²) in [6, 6.07) is 2.12. The normalized spacial score (nSPS) is 12.9. The lowest BCUT2D eigenvalue weighted by molar-refractivity contribution is 0.957. The van der Waals surface area contributed by atoms with Crippen LogP contribution < -0.4 is 0 Å². The topological polar surface area (TPSA) is 23.8 Å². The summed E-state index contributed by atoms with van der Waals surface area (Å²) in [7, 11) is 0. The monoisotopic (exact) mass is 149 g/mol. The second-order valence-corrected chi connectivity index (χ2v) is 2.61. The van der Waals surface area contributed by atoms with Gasteiger partial charge in [0.25, 0.3) is 0 Å². The molecular formula is C10H15N. The van der Waals surface area contributed by atoms with Crippen molar-refractivity contribution in [1.29, 1.82) is 5.26 Å². The van der Waals surface area contributed by atoms with Gasteiger partial charge in [0, 0.05) is 5.57 Å². The molecule has 0 aliphatic carbocycles. The van der Waals surface area contributed by atoms with Crippen LogP contribution in [0.4, 0.5) is 0 Å². The van der Waals surface area contributed by atoms with Gasteiger partial charge in [0.1, 0.15) is 0 Å². The highest BCUT2D eigenvalue weighted by molar-refractivity contribution is 5.31. The minimum Gasteiger partial charge on any atom is -0.193 e. The molecule has 0 saturated carbocycles. The van der Waals surface area contributed by atoms with Crippen molar-refractivity contribution >= 4 is 0 Å². The predicted octanol–water partition coefficient (Wildman–Crippen LogP) is 3.20. The molecule has 60 valence electrons. The minimum absolute atomic E-state index is 0.803. The first-order valence-electron chi connectivity index (χ1n) is 3.96. The molecule has 0 unspecified atom stereocenters. The Hall–Kier alpha value is -1.03. The number of allylic oxidation sites excluding steroid dienone is 4. The zero-order valence-electron chi connectivity index (χ0n) is 7.52. The van der Waals surface area contributed by atoms with Crippen LogP contribution in [0.15, 0.2) is 23.3 Å². The average Bonchev–Trinajstić information content (AvgIpc) is 2.03. The van der Waals surface area contributed by atoms with Crippen molar-refractivity contribution in [3.05, 3.63) is 23.3 Å². The van der Waals surface area contributed by atoms with Crippen molar-refractivity contribution in [3.63, 3.8) is 0 Å². The lowest BCUT2D eigenvalue weighted by Gasteiger charge is -1.91. The predicted molar refractivity (Wildman–Crippen MR) is 48.0 cm³/mol. The van der Waals surface area contributed by atoms with Gasteiger partial charge in [0.05, 0.1) is 6.07 Å². The number of rotatable bonds is 3. The molecule has 0 aliphatic rings. The first-order valence-corrected chi connectivity index (χ1v) is 3.96. The third-order valence-electron chi connectivity index (χ3n) is 1.58. The van der Waals surface area contributed by atoms with E-state index in [0.717, 1.165) is 24.0 Å². The van der Waals surface area contributed by atoms with Gasteiger partial charge in [-0.25, -0.2) is 0 Å². The summed E-state index contributed by atoms with van der Waals surface area (Å²) in [5.41, 5.74) is 1.87. The van der Waals surface area contributed by atoms with Crippen molar-refractivity contribution in [2.75, 3.05) is 0 Å². The third kappa shape index (κ3) is 4.38. The quantitative estimate of drug-likeness (QED) is 0.446. The van der Waals surface area contributed by atoms with E-state index in [9.17, 15) is 0 Å². The molecule has 0 fully saturated rings. The van der Waals surface area contributed by atoms with E-state index >= 15 is 0 Å². The Kier molecular flexibility index (Phi) is 5.20. The van der Waals surface area contributed by atoms with E-state index in [4.69, 9.17) is 5.26 Å². The van der Waals surface area contributed by atoms with E-state index in [0.29, 0.717) is 0 Å². The van der Waals surface area contributed by atoms with Crippen LogP contribution in [0.5, 0.6) is 0 Å². The van der Waals surface area contributed by atoms with Crippen molar-refractivity contribution in [1.82, 2.24) is 0 Å². The Bertz CT molecular complexity index is 203. The smallest absolute Gasteiger partial charge is 0.0946 e. The van der Waals surface area contributed by atoms with Crippen molar-refractivity contribution < 1.29 is 0 Å².